The molecule has 1 amide bonds. The molecule has 120 valence electrons. The van der Waals surface area contributed by atoms with Crippen LogP contribution in [0.25, 0.3) is 0 Å². The van der Waals surface area contributed by atoms with E-state index in [1.165, 1.54) is 0 Å². The van der Waals surface area contributed by atoms with Crippen molar-refractivity contribution < 1.29 is 14.3 Å². The summed E-state index contributed by atoms with van der Waals surface area (Å²) in [4.78, 5) is 23.8. The fourth-order valence-corrected chi connectivity index (χ4v) is 2.38. The number of nitrogens with one attached hydrogen (secondary N) is 1. The van der Waals surface area contributed by atoms with E-state index in [1.807, 2.05) is 26.0 Å². The second-order valence-corrected chi connectivity index (χ2v) is 5.72. The average Bonchev–Trinajstić information content (AvgIpc) is 2.51. The highest BCUT2D eigenvalue weighted by Crippen LogP contribution is 2.15. The number of halogens is 1. The number of amides is 1. The summed E-state index contributed by atoms with van der Waals surface area (Å²) in [7, 11) is 0. The molecular weight excluding hydrogens is 314 g/mol. The number of ether oxygens (including phenoxy) is 1. The van der Waals surface area contributed by atoms with E-state index >= 15 is 0 Å². The third kappa shape index (κ3) is 5.11. The van der Waals surface area contributed by atoms with Gasteiger partial charge in [-0.1, -0.05) is 47.0 Å². The first-order valence-corrected chi connectivity index (χ1v) is 7.59. The fraction of sp³-hybridized carbons (Fsp3) is 0.222. The second kappa shape index (κ2) is 7.79. The zero-order valence-corrected chi connectivity index (χ0v) is 13.8. The molecule has 0 saturated carbocycles. The molecule has 0 unspecified atom stereocenters. The number of hydrogen-bond donors (Lipinski definition) is 1. The summed E-state index contributed by atoms with van der Waals surface area (Å²) in [5, 5.41) is 3.10. The Bertz CT molecular complexity index is 708. The van der Waals surface area contributed by atoms with Crippen molar-refractivity contribution in [3.63, 3.8) is 0 Å². The normalized spacial score (nSPS) is 10.2. The van der Waals surface area contributed by atoms with Crippen molar-refractivity contribution in [1.29, 1.82) is 0 Å². The van der Waals surface area contributed by atoms with Crippen LogP contribution in [-0.2, 0) is 16.1 Å². The van der Waals surface area contributed by atoms with Crippen LogP contribution in [0.2, 0.25) is 5.02 Å². The molecule has 0 fully saturated rings. The predicted molar refractivity (Wildman–Crippen MR) is 89.5 cm³/mol. The lowest BCUT2D eigenvalue weighted by Crippen LogP contribution is -2.30. The minimum atomic E-state index is -0.511. The highest BCUT2D eigenvalue weighted by atomic mass is 35.5. The molecule has 0 aromatic heterocycles. The summed E-state index contributed by atoms with van der Waals surface area (Å²) in [5.74, 6) is -0.811. The monoisotopic (exact) mass is 331 g/mol. The largest absolute Gasteiger partial charge is 0.459 e. The number of aryl methyl sites for hydroxylation is 2. The van der Waals surface area contributed by atoms with Gasteiger partial charge in [0.25, 0.3) is 5.91 Å². The predicted octanol–water partition coefficient (Wildman–Crippen LogP) is 3.43. The van der Waals surface area contributed by atoms with Gasteiger partial charge in [0.2, 0.25) is 0 Å². The van der Waals surface area contributed by atoms with E-state index in [9.17, 15) is 9.59 Å². The molecule has 0 radical (unpaired) electrons. The Morgan fingerprint density at radius 2 is 1.74 bits per heavy atom. The standard InChI is InChI=1S/C18H18ClNO3/c1-12-7-13(2)9-15(8-12)18(22)20-10-17(21)23-11-14-5-3-4-6-16(14)19/h3-9H,10-11H2,1-2H3,(H,20,22). The van der Waals surface area contributed by atoms with Gasteiger partial charge in [0.05, 0.1) is 0 Å². The van der Waals surface area contributed by atoms with Crippen molar-refractivity contribution in [2.45, 2.75) is 20.5 Å². The third-order valence-electron chi connectivity index (χ3n) is 3.22. The number of rotatable bonds is 5. The summed E-state index contributed by atoms with van der Waals surface area (Å²) in [6, 6.07) is 12.7. The van der Waals surface area contributed by atoms with Crippen molar-refractivity contribution in [1.82, 2.24) is 5.32 Å². The number of hydrogen-bond acceptors (Lipinski definition) is 3. The third-order valence-corrected chi connectivity index (χ3v) is 3.59. The Kier molecular flexibility index (Phi) is 5.77. The molecule has 1 N–H and O–H groups in total. The molecule has 2 rings (SSSR count). The molecule has 0 saturated heterocycles. The fourth-order valence-electron chi connectivity index (χ4n) is 2.19. The van der Waals surface area contributed by atoms with Gasteiger partial charge in [0.1, 0.15) is 13.2 Å². The van der Waals surface area contributed by atoms with E-state index in [4.69, 9.17) is 16.3 Å². The maximum absolute atomic E-state index is 12.0. The number of carbonyl (C=O) groups is 2. The van der Waals surface area contributed by atoms with Crippen LogP contribution in [0.15, 0.2) is 42.5 Å². The minimum Gasteiger partial charge on any atom is -0.459 e. The van der Waals surface area contributed by atoms with Gasteiger partial charge in [-0.05, 0) is 32.0 Å². The van der Waals surface area contributed by atoms with Crippen molar-refractivity contribution in [3.05, 3.63) is 69.7 Å². The lowest BCUT2D eigenvalue weighted by molar-refractivity contribution is -0.143. The van der Waals surface area contributed by atoms with Crippen molar-refractivity contribution in [2.75, 3.05) is 6.54 Å². The molecule has 0 spiro atoms. The summed E-state index contributed by atoms with van der Waals surface area (Å²) in [5.41, 5.74) is 3.25. The van der Waals surface area contributed by atoms with Crippen LogP contribution in [0.5, 0.6) is 0 Å². The molecule has 0 aliphatic rings. The Balaban J connectivity index is 1.84. The Morgan fingerprint density at radius 1 is 1.09 bits per heavy atom. The SMILES string of the molecule is Cc1cc(C)cc(C(=O)NCC(=O)OCc2ccccc2Cl)c1. The topological polar surface area (TPSA) is 55.4 Å². The van der Waals surface area contributed by atoms with Crippen LogP contribution in [0.1, 0.15) is 27.0 Å². The highest BCUT2D eigenvalue weighted by molar-refractivity contribution is 6.31. The molecule has 0 aliphatic heterocycles. The molecule has 0 atom stereocenters. The van der Waals surface area contributed by atoms with Gasteiger partial charge in [-0.15, -0.1) is 0 Å². The van der Waals surface area contributed by atoms with E-state index in [0.29, 0.717) is 10.6 Å². The van der Waals surface area contributed by atoms with Gasteiger partial charge in [-0.25, -0.2) is 0 Å². The first-order valence-electron chi connectivity index (χ1n) is 7.21. The van der Waals surface area contributed by atoms with Gasteiger partial charge >= 0.3 is 5.97 Å². The lowest BCUT2D eigenvalue weighted by Gasteiger charge is -2.08. The van der Waals surface area contributed by atoms with E-state index in [1.54, 1.807) is 30.3 Å². The zero-order valence-electron chi connectivity index (χ0n) is 13.1. The van der Waals surface area contributed by atoms with Crippen molar-refractivity contribution in [3.8, 4) is 0 Å². The summed E-state index contributed by atoms with van der Waals surface area (Å²) in [6.07, 6.45) is 0. The van der Waals surface area contributed by atoms with Gasteiger partial charge < -0.3 is 10.1 Å². The Hall–Kier alpha value is -2.33. The lowest BCUT2D eigenvalue weighted by atomic mass is 10.1. The van der Waals surface area contributed by atoms with Crippen LogP contribution in [-0.4, -0.2) is 18.4 Å². The van der Waals surface area contributed by atoms with Gasteiger partial charge in [0, 0.05) is 16.1 Å². The molecule has 5 heteroatoms. The van der Waals surface area contributed by atoms with Crippen LogP contribution in [0.3, 0.4) is 0 Å². The van der Waals surface area contributed by atoms with Crippen molar-refractivity contribution in [2.24, 2.45) is 0 Å². The number of carbonyl (C=O) groups excluding carboxylic acids is 2. The maximum Gasteiger partial charge on any atom is 0.325 e. The van der Waals surface area contributed by atoms with E-state index in [0.717, 1.165) is 16.7 Å². The van der Waals surface area contributed by atoms with Crippen molar-refractivity contribution >= 4 is 23.5 Å². The summed E-state index contributed by atoms with van der Waals surface area (Å²) >= 11 is 5.98. The van der Waals surface area contributed by atoms with E-state index in [-0.39, 0.29) is 19.1 Å². The average molecular weight is 332 g/mol. The highest BCUT2D eigenvalue weighted by Gasteiger charge is 2.10. The molecular formula is C18H18ClNO3. The van der Waals surface area contributed by atoms with E-state index in [2.05, 4.69) is 5.32 Å². The van der Waals surface area contributed by atoms with Crippen LogP contribution >= 0.6 is 11.6 Å². The first kappa shape index (κ1) is 17.0. The van der Waals surface area contributed by atoms with Crippen LogP contribution in [0, 0.1) is 13.8 Å². The number of benzene rings is 2. The van der Waals surface area contributed by atoms with E-state index < -0.39 is 5.97 Å². The van der Waals surface area contributed by atoms with Crippen LogP contribution < -0.4 is 5.32 Å². The van der Waals surface area contributed by atoms with Gasteiger partial charge in [0.15, 0.2) is 0 Å². The molecule has 0 aliphatic carbocycles. The first-order chi connectivity index (χ1) is 11.0. The molecule has 4 nitrogen and oxygen atoms in total. The maximum atomic E-state index is 12.0. The Labute approximate surface area is 140 Å². The quantitative estimate of drug-likeness (QED) is 0.854. The summed E-state index contributed by atoms with van der Waals surface area (Å²) in [6.45, 7) is 3.73. The molecule has 0 bridgehead atoms. The zero-order chi connectivity index (χ0) is 16.8. The van der Waals surface area contributed by atoms with Gasteiger partial charge in [-0.3, -0.25) is 9.59 Å². The molecule has 0 heterocycles. The summed E-state index contributed by atoms with van der Waals surface area (Å²) < 4.78 is 5.10. The molecule has 23 heavy (non-hydrogen) atoms. The smallest absolute Gasteiger partial charge is 0.325 e. The Morgan fingerprint density at radius 3 is 2.39 bits per heavy atom. The minimum absolute atomic E-state index is 0.0813. The molecule has 2 aromatic carbocycles. The second-order valence-electron chi connectivity index (χ2n) is 5.31. The van der Waals surface area contributed by atoms with Gasteiger partial charge in [-0.2, -0.15) is 0 Å². The van der Waals surface area contributed by atoms with Crippen LogP contribution in [0.4, 0.5) is 0 Å². The number of esters is 1. The molecule has 2 aromatic rings.